The van der Waals surface area contributed by atoms with Crippen LogP contribution in [0.1, 0.15) is 19.3 Å². The largest absolute Gasteiger partial charge is 0.390 e. The van der Waals surface area contributed by atoms with Crippen LogP contribution in [0.3, 0.4) is 0 Å². The summed E-state index contributed by atoms with van der Waals surface area (Å²) in [6.45, 7) is 0. The van der Waals surface area contributed by atoms with Gasteiger partial charge in [-0.15, -0.1) is 0 Å². The Morgan fingerprint density at radius 3 is 2.57 bits per heavy atom. The molecule has 3 N–H and O–H groups in total. The Balaban J connectivity index is 1.72. The van der Waals surface area contributed by atoms with Crippen LogP contribution < -0.4 is 5.32 Å². The van der Waals surface area contributed by atoms with Gasteiger partial charge in [-0.1, -0.05) is 30.3 Å². The lowest BCUT2D eigenvalue weighted by Gasteiger charge is -2.30. The third kappa shape index (κ3) is 3.37. The van der Waals surface area contributed by atoms with Crippen molar-refractivity contribution in [3.63, 3.8) is 0 Å². The number of benzene rings is 1. The maximum atomic E-state index is 9.74. The average molecular weight is 285 g/mol. The fourth-order valence-corrected chi connectivity index (χ4v) is 2.67. The standard InChI is InChI=1S/C16H19N3O2/c20-14-7-6-12(8-15(14)21)19-16-9-13(17-10-18-16)11-4-2-1-3-5-11/h1-5,9-10,12,14-15,20-21H,6-8H2,(H,17,18,19)/t12?,14-,15+/m1/s1. The van der Waals surface area contributed by atoms with Crippen LogP contribution in [0.5, 0.6) is 0 Å². The topological polar surface area (TPSA) is 78.3 Å². The van der Waals surface area contributed by atoms with E-state index in [1.165, 1.54) is 0 Å². The van der Waals surface area contributed by atoms with Gasteiger partial charge in [0.1, 0.15) is 12.1 Å². The maximum absolute atomic E-state index is 9.74. The summed E-state index contributed by atoms with van der Waals surface area (Å²) >= 11 is 0. The van der Waals surface area contributed by atoms with Crippen molar-refractivity contribution in [1.82, 2.24) is 9.97 Å². The van der Waals surface area contributed by atoms with Gasteiger partial charge in [0.05, 0.1) is 17.9 Å². The molecule has 1 unspecified atom stereocenters. The first-order valence-electron chi connectivity index (χ1n) is 7.22. The molecule has 0 aliphatic heterocycles. The fraction of sp³-hybridized carbons (Fsp3) is 0.375. The zero-order valence-electron chi connectivity index (χ0n) is 11.7. The number of aliphatic hydroxyl groups excluding tert-OH is 2. The predicted octanol–water partition coefficient (Wildman–Crippen LogP) is 1.83. The highest BCUT2D eigenvalue weighted by atomic mass is 16.3. The molecule has 1 aliphatic carbocycles. The van der Waals surface area contributed by atoms with Gasteiger partial charge in [0.15, 0.2) is 0 Å². The highest BCUT2D eigenvalue weighted by Gasteiger charge is 2.27. The van der Waals surface area contributed by atoms with Gasteiger partial charge in [-0.2, -0.15) is 0 Å². The molecule has 3 atom stereocenters. The van der Waals surface area contributed by atoms with E-state index in [0.29, 0.717) is 12.8 Å². The van der Waals surface area contributed by atoms with Crippen molar-refractivity contribution in [1.29, 1.82) is 0 Å². The van der Waals surface area contributed by atoms with Crippen molar-refractivity contribution in [3.8, 4) is 11.3 Å². The minimum atomic E-state index is -0.660. The lowest BCUT2D eigenvalue weighted by Crippen LogP contribution is -2.39. The Morgan fingerprint density at radius 2 is 1.81 bits per heavy atom. The molecule has 1 aromatic carbocycles. The molecule has 0 amide bonds. The third-order valence-electron chi connectivity index (χ3n) is 3.87. The lowest BCUT2D eigenvalue weighted by atomic mass is 9.90. The van der Waals surface area contributed by atoms with Crippen LogP contribution in [0.4, 0.5) is 5.82 Å². The van der Waals surface area contributed by atoms with E-state index in [2.05, 4.69) is 15.3 Å². The molecule has 0 saturated heterocycles. The second kappa shape index (κ2) is 6.20. The smallest absolute Gasteiger partial charge is 0.130 e. The van der Waals surface area contributed by atoms with Crippen LogP contribution in [0.15, 0.2) is 42.7 Å². The van der Waals surface area contributed by atoms with E-state index in [-0.39, 0.29) is 6.04 Å². The van der Waals surface area contributed by atoms with Gasteiger partial charge in [-0.05, 0) is 19.3 Å². The van der Waals surface area contributed by atoms with Crippen molar-refractivity contribution < 1.29 is 10.2 Å². The quantitative estimate of drug-likeness (QED) is 0.802. The molecule has 110 valence electrons. The van der Waals surface area contributed by atoms with E-state index in [1.54, 1.807) is 6.33 Å². The number of aromatic nitrogens is 2. The molecule has 1 fully saturated rings. The second-order valence-electron chi connectivity index (χ2n) is 5.44. The molecule has 1 aliphatic rings. The number of nitrogens with one attached hydrogen (secondary N) is 1. The van der Waals surface area contributed by atoms with E-state index < -0.39 is 12.2 Å². The normalized spacial score (nSPS) is 25.5. The minimum absolute atomic E-state index is 0.127. The van der Waals surface area contributed by atoms with Crippen molar-refractivity contribution >= 4 is 5.82 Å². The molecule has 1 saturated carbocycles. The number of hydrogen-bond acceptors (Lipinski definition) is 5. The van der Waals surface area contributed by atoms with Crippen LogP contribution in [-0.4, -0.2) is 38.4 Å². The SMILES string of the molecule is O[C@@H]1CCC(Nc2cc(-c3ccccc3)ncn2)C[C@@H]1O. The number of nitrogens with zero attached hydrogens (tertiary/aromatic N) is 2. The van der Waals surface area contributed by atoms with Crippen molar-refractivity contribution in [3.05, 3.63) is 42.7 Å². The van der Waals surface area contributed by atoms with Gasteiger partial charge >= 0.3 is 0 Å². The van der Waals surface area contributed by atoms with E-state index in [1.807, 2.05) is 36.4 Å². The molecule has 2 aromatic rings. The first-order valence-corrected chi connectivity index (χ1v) is 7.22. The zero-order valence-corrected chi connectivity index (χ0v) is 11.7. The second-order valence-corrected chi connectivity index (χ2v) is 5.44. The molecular weight excluding hydrogens is 266 g/mol. The van der Waals surface area contributed by atoms with Crippen LogP contribution >= 0.6 is 0 Å². The van der Waals surface area contributed by atoms with Crippen molar-refractivity contribution in [2.45, 2.75) is 37.5 Å². The summed E-state index contributed by atoms with van der Waals surface area (Å²) in [7, 11) is 0. The number of hydrogen-bond donors (Lipinski definition) is 3. The molecule has 3 rings (SSSR count). The Labute approximate surface area is 123 Å². The van der Waals surface area contributed by atoms with Gasteiger partial charge in [0.25, 0.3) is 0 Å². The maximum Gasteiger partial charge on any atom is 0.130 e. The van der Waals surface area contributed by atoms with Crippen LogP contribution in [0.2, 0.25) is 0 Å². The molecule has 5 heteroatoms. The number of rotatable bonds is 3. The van der Waals surface area contributed by atoms with Gasteiger partial charge in [-0.25, -0.2) is 9.97 Å². The van der Waals surface area contributed by atoms with E-state index >= 15 is 0 Å². The summed E-state index contributed by atoms with van der Waals surface area (Å²) in [5, 5.41) is 22.6. The summed E-state index contributed by atoms with van der Waals surface area (Å²) < 4.78 is 0. The van der Waals surface area contributed by atoms with E-state index in [0.717, 1.165) is 23.5 Å². The molecule has 5 nitrogen and oxygen atoms in total. The Hall–Kier alpha value is -1.98. The summed E-state index contributed by atoms with van der Waals surface area (Å²) in [4.78, 5) is 8.53. The van der Waals surface area contributed by atoms with E-state index in [4.69, 9.17) is 0 Å². The monoisotopic (exact) mass is 285 g/mol. The van der Waals surface area contributed by atoms with Crippen molar-refractivity contribution in [2.24, 2.45) is 0 Å². The van der Waals surface area contributed by atoms with E-state index in [9.17, 15) is 10.2 Å². The average Bonchev–Trinajstić information content (AvgIpc) is 2.52. The number of anilines is 1. The third-order valence-corrected chi connectivity index (χ3v) is 3.87. The molecule has 21 heavy (non-hydrogen) atoms. The fourth-order valence-electron chi connectivity index (χ4n) is 2.67. The lowest BCUT2D eigenvalue weighted by molar-refractivity contribution is -0.0120. The highest BCUT2D eigenvalue weighted by Crippen LogP contribution is 2.23. The van der Waals surface area contributed by atoms with Crippen LogP contribution in [0, 0.1) is 0 Å². The van der Waals surface area contributed by atoms with Gasteiger partial charge in [-0.3, -0.25) is 0 Å². The Kier molecular flexibility index (Phi) is 4.13. The van der Waals surface area contributed by atoms with Gasteiger partial charge in [0, 0.05) is 17.7 Å². The Bertz CT molecular complexity index is 591. The minimum Gasteiger partial charge on any atom is -0.390 e. The summed E-state index contributed by atoms with van der Waals surface area (Å²) in [5.74, 6) is 0.748. The van der Waals surface area contributed by atoms with Crippen LogP contribution in [-0.2, 0) is 0 Å². The molecule has 1 heterocycles. The van der Waals surface area contributed by atoms with Gasteiger partial charge < -0.3 is 15.5 Å². The first-order chi connectivity index (χ1) is 10.2. The Morgan fingerprint density at radius 1 is 1.00 bits per heavy atom. The number of aliphatic hydroxyl groups is 2. The molecule has 0 radical (unpaired) electrons. The predicted molar refractivity (Wildman–Crippen MR) is 80.7 cm³/mol. The molecule has 0 bridgehead atoms. The van der Waals surface area contributed by atoms with Crippen molar-refractivity contribution in [2.75, 3.05) is 5.32 Å². The molecule has 0 spiro atoms. The van der Waals surface area contributed by atoms with Gasteiger partial charge in [0.2, 0.25) is 0 Å². The molecule has 1 aromatic heterocycles. The summed E-state index contributed by atoms with van der Waals surface area (Å²) in [6.07, 6.45) is 2.24. The zero-order chi connectivity index (χ0) is 14.7. The summed E-state index contributed by atoms with van der Waals surface area (Å²) in [6, 6.07) is 12.0. The highest BCUT2D eigenvalue weighted by molar-refractivity contribution is 5.61. The van der Waals surface area contributed by atoms with Crippen LogP contribution in [0.25, 0.3) is 11.3 Å². The summed E-state index contributed by atoms with van der Waals surface area (Å²) in [5.41, 5.74) is 1.91. The molecular formula is C16H19N3O2. The first kappa shape index (κ1) is 14.0.